The van der Waals surface area contributed by atoms with Crippen LogP contribution in [0.15, 0.2) is 0 Å². The zero-order valence-corrected chi connectivity index (χ0v) is 9.89. The summed E-state index contributed by atoms with van der Waals surface area (Å²) in [6.07, 6.45) is 12.6. The molecule has 0 atom stereocenters. The minimum Gasteiger partial charge on any atom is -0.300 e. The van der Waals surface area contributed by atoms with Gasteiger partial charge in [0, 0.05) is 12.8 Å². The van der Waals surface area contributed by atoms with E-state index in [1.54, 1.807) is 6.92 Å². The molecule has 0 aromatic heterocycles. The van der Waals surface area contributed by atoms with Gasteiger partial charge in [-0.25, -0.2) is 0 Å². The van der Waals surface area contributed by atoms with E-state index < -0.39 is 0 Å². The van der Waals surface area contributed by atoms with Crippen LogP contribution in [-0.2, 0) is 9.59 Å². The van der Waals surface area contributed by atoms with Crippen LogP contribution in [0.3, 0.4) is 0 Å². The van der Waals surface area contributed by atoms with E-state index in [-0.39, 0.29) is 0 Å². The van der Waals surface area contributed by atoms with Gasteiger partial charge in [-0.2, -0.15) is 0 Å². The van der Waals surface area contributed by atoms with Crippen molar-refractivity contribution in [2.75, 3.05) is 0 Å². The molecule has 0 saturated heterocycles. The third kappa shape index (κ3) is 13.3. The lowest BCUT2D eigenvalue weighted by molar-refractivity contribution is -0.117. The topological polar surface area (TPSA) is 34.1 Å². The van der Waals surface area contributed by atoms with Gasteiger partial charge in [0.25, 0.3) is 0 Å². The maximum atomic E-state index is 10.6. The summed E-state index contributed by atoms with van der Waals surface area (Å²) in [6, 6.07) is 0. The number of hydrogen-bond acceptors (Lipinski definition) is 2. The number of carbonyl (C=O) groups is 1. The number of rotatable bonds is 11. The summed E-state index contributed by atoms with van der Waals surface area (Å²) in [7, 11) is 0. The smallest absolute Gasteiger partial charge is 0.198 e. The molecular weight excluding hydrogens is 188 g/mol. The summed E-state index contributed by atoms with van der Waals surface area (Å²) in [5.41, 5.74) is 0. The van der Waals surface area contributed by atoms with Crippen molar-refractivity contribution in [3.05, 3.63) is 0 Å². The fourth-order valence-corrected chi connectivity index (χ4v) is 1.63. The molecule has 0 saturated carbocycles. The first-order valence-electron chi connectivity index (χ1n) is 6.12. The van der Waals surface area contributed by atoms with Crippen molar-refractivity contribution in [1.29, 1.82) is 0 Å². The molecule has 0 amide bonds. The Balaban J connectivity index is 2.92. The Kier molecular flexibility index (Phi) is 10.9. The lowest BCUT2D eigenvalue weighted by Crippen LogP contribution is -1.89. The van der Waals surface area contributed by atoms with E-state index in [2.05, 4.69) is 0 Å². The van der Waals surface area contributed by atoms with Gasteiger partial charge in [-0.1, -0.05) is 38.5 Å². The average Bonchev–Trinajstić information content (AvgIpc) is 2.20. The number of carbonyl (C=O) groups excluding carboxylic acids is 2. The predicted molar refractivity (Wildman–Crippen MR) is 62.5 cm³/mol. The Bertz CT molecular complexity index is 164. The third-order valence-electron chi connectivity index (χ3n) is 2.56. The SMILES string of the molecule is CC(=O)CCCCCCCCCC[C]=O. The number of ketones is 1. The molecule has 87 valence electrons. The Morgan fingerprint density at radius 3 is 1.80 bits per heavy atom. The summed E-state index contributed by atoms with van der Waals surface area (Å²) in [6.45, 7) is 1.66. The Morgan fingerprint density at radius 1 is 0.867 bits per heavy atom. The van der Waals surface area contributed by atoms with Gasteiger partial charge in [0.2, 0.25) is 0 Å². The first-order valence-corrected chi connectivity index (χ1v) is 6.12. The van der Waals surface area contributed by atoms with Crippen LogP contribution in [0.1, 0.15) is 71.1 Å². The molecule has 0 rings (SSSR count). The monoisotopic (exact) mass is 211 g/mol. The summed E-state index contributed by atoms with van der Waals surface area (Å²) in [5, 5.41) is 0. The minimum absolute atomic E-state index is 0.306. The van der Waals surface area contributed by atoms with Crippen LogP contribution >= 0.6 is 0 Å². The molecule has 15 heavy (non-hydrogen) atoms. The highest BCUT2D eigenvalue weighted by Crippen LogP contribution is 2.10. The van der Waals surface area contributed by atoms with Crippen LogP contribution in [0.2, 0.25) is 0 Å². The summed E-state index contributed by atoms with van der Waals surface area (Å²) < 4.78 is 0. The zero-order valence-electron chi connectivity index (χ0n) is 9.89. The van der Waals surface area contributed by atoms with Gasteiger partial charge in [0.05, 0.1) is 0 Å². The lowest BCUT2D eigenvalue weighted by Gasteiger charge is -2.00. The number of Topliss-reactive ketones (excluding diaryl/α,β-unsaturated/α-hetero) is 1. The van der Waals surface area contributed by atoms with Gasteiger partial charge >= 0.3 is 0 Å². The van der Waals surface area contributed by atoms with Crippen molar-refractivity contribution in [3.63, 3.8) is 0 Å². The van der Waals surface area contributed by atoms with E-state index >= 15 is 0 Å². The summed E-state index contributed by atoms with van der Waals surface area (Å²) in [5.74, 6) is 0.306. The second-order valence-electron chi connectivity index (χ2n) is 4.17. The minimum atomic E-state index is 0.306. The van der Waals surface area contributed by atoms with E-state index in [0.29, 0.717) is 12.2 Å². The largest absolute Gasteiger partial charge is 0.300 e. The maximum Gasteiger partial charge on any atom is 0.198 e. The highest BCUT2D eigenvalue weighted by atomic mass is 16.1. The highest BCUT2D eigenvalue weighted by Gasteiger charge is 1.94. The Labute approximate surface area is 93.4 Å². The summed E-state index contributed by atoms with van der Waals surface area (Å²) in [4.78, 5) is 20.6. The highest BCUT2D eigenvalue weighted by molar-refractivity contribution is 5.75. The van der Waals surface area contributed by atoms with E-state index in [9.17, 15) is 9.59 Å². The normalized spacial score (nSPS) is 10.2. The van der Waals surface area contributed by atoms with E-state index in [1.165, 1.54) is 32.1 Å². The first kappa shape index (κ1) is 14.3. The molecule has 0 aliphatic heterocycles. The van der Waals surface area contributed by atoms with Crippen molar-refractivity contribution in [2.45, 2.75) is 71.1 Å². The second kappa shape index (κ2) is 11.4. The molecule has 0 aromatic rings. The zero-order chi connectivity index (χ0) is 11.4. The van der Waals surface area contributed by atoms with Crippen molar-refractivity contribution in [2.24, 2.45) is 0 Å². The Hall–Kier alpha value is -0.660. The molecule has 0 N–H and O–H groups in total. The fourth-order valence-electron chi connectivity index (χ4n) is 1.63. The quantitative estimate of drug-likeness (QED) is 0.489. The molecule has 0 aromatic carbocycles. The number of unbranched alkanes of at least 4 members (excludes halogenated alkanes) is 8. The van der Waals surface area contributed by atoms with Gasteiger partial charge in [0.15, 0.2) is 6.29 Å². The average molecular weight is 211 g/mol. The Morgan fingerprint density at radius 2 is 1.33 bits per heavy atom. The standard InChI is InChI=1S/C13H23O2/c1-13(15)11-9-7-5-3-2-4-6-8-10-12-14/h2-11H2,1H3. The second-order valence-corrected chi connectivity index (χ2v) is 4.17. The molecule has 0 unspecified atom stereocenters. The maximum absolute atomic E-state index is 10.6. The van der Waals surface area contributed by atoms with E-state index in [0.717, 1.165) is 25.7 Å². The fraction of sp³-hybridized carbons (Fsp3) is 0.846. The van der Waals surface area contributed by atoms with E-state index in [4.69, 9.17) is 0 Å². The molecule has 0 aliphatic carbocycles. The molecule has 1 radical (unpaired) electrons. The molecule has 0 bridgehead atoms. The molecular formula is C13H23O2. The van der Waals surface area contributed by atoms with Crippen LogP contribution in [-0.4, -0.2) is 12.1 Å². The molecule has 0 heterocycles. The van der Waals surface area contributed by atoms with Crippen LogP contribution in [0, 0.1) is 0 Å². The van der Waals surface area contributed by atoms with Gasteiger partial charge < -0.3 is 4.79 Å². The van der Waals surface area contributed by atoms with E-state index in [1.807, 2.05) is 6.29 Å². The van der Waals surface area contributed by atoms with Crippen LogP contribution < -0.4 is 0 Å². The molecule has 2 nitrogen and oxygen atoms in total. The van der Waals surface area contributed by atoms with Crippen LogP contribution in [0.4, 0.5) is 0 Å². The number of hydrogen-bond donors (Lipinski definition) is 0. The third-order valence-corrected chi connectivity index (χ3v) is 2.56. The van der Waals surface area contributed by atoms with Crippen LogP contribution in [0.5, 0.6) is 0 Å². The van der Waals surface area contributed by atoms with Crippen molar-refractivity contribution in [1.82, 2.24) is 0 Å². The van der Waals surface area contributed by atoms with Gasteiger partial charge in [-0.15, -0.1) is 0 Å². The van der Waals surface area contributed by atoms with Gasteiger partial charge in [0.1, 0.15) is 5.78 Å². The molecule has 0 fully saturated rings. The van der Waals surface area contributed by atoms with Crippen molar-refractivity contribution < 1.29 is 9.59 Å². The van der Waals surface area contributed by atoms with Crippen molar-refractivity contribution >= 4 is 12.1 Å². The predicted octanol–water partition coefficient (Wildman–Crippen LogP) is 3.59. The van der Waals surface area contributed by atoms with Crippen molar-refractivity contribution in [3.8, 4) is 0 Å². The molecule has 0 spiro atoms. The van der Waals surface area contributed by atoms with Crippen LogP contribution in [0.25, 0.3) is 0 Å². The molecule has 2 heteroatoms. The molecule has 0 aliphatic rings. The first-order chi connectivity index (χ1) is 7.27. The lowest BCUT2D eigenvalue weighted by atomic mass is 10.1. The van der Waals surface area contributed by atoms with Gasteiger partial charge in [-0.05, 0) is 19.8 Å². The summed E-state index contributed by atoms with van der Waals surface area (Å²) >= 11 is 0. The van der Waals surface area contributed by atoms with Gasteiger partial charge in [-0.3, -0.25) is 4.79 Å².